The van der Waals surface area contributed by atoms with Gasteiger partial charge in [-0.15, -0.1) is 11.6 Å². The number of unbranched alkanes of at least 4 members (excludes halogenated alkanes) is 21. The Hall–Kier alpha value is -0.570. The first-order chi connectivity index (χ1) is 21.2. The average Bonchev–Trinajstić information content (AvgIpc) is 3.01. The molecule has 2 nitrogen and oxygen atoms in total. The van der Waals surface area contributed by atoms with E-state index in [0.29, 0.717) is 12.5 Å². The Bertz CT molecular complexity index is 614. The van der Waals surface area contributed by atoms with Gasteiger partial charge in [0.25, 0.3) is 0 Å². The van der Waals surface area contributed by atoms with Gasteiger partial charge in [0.15, 0.2) is 5.79 Å². The van der Waals surface area contributed by atoms with Gasteiger partial charge in [0.1, 0.15) is 0 Å². The summed E-state index contributed by atoms with van der Waals surface area (Å²) in [6.07, 6.45) is 49.6. The minimum absolute atomic E-state index is 0.564. The second kappa shape index (κ2) is 35.9. The largest absolute Gasteiger partial charge is 0.365 e. The van der Waals surface area contributed by atoms with E-state index in [1.807, 2.05) is 0 Å². The lowest BCUT2D eigenvalue weighted by Crippen LogP contribution is -2.33. The van der Waals surface area contributed by atoms with Crippen molar-refractivity contribution in [2.45, 2.75) is 206 Å². The fraction of sp³-hybridized carbons (Fsp3) is 0.850. The molecule has 1 N–H and O–H groups in total. The lowest BCUT2D eigenvalue weighted by atomic mass is 9.98. The van der Waals surface area contributed by atoms with E-state index in [1.54, 1.807) is 0 Å². The summed E-state index contributed by atoms with van der Waals surface area (Å²) in [7, 11) is 0. The van der Waals surface area contributed by atoms with Gasteiger partial charge in [-0.3, -0.25) is 0 Å². The number of alkyl halides is 1. The van der Waals surface area contributed by atoms with Gasteiger partial charge in [-0.1, -0.05) is 147 Å². The van der Waals surface area contributed by atoms with Gasteiger partial charge in [0, 0.05) is 18.7 Å². The van der Waals surface area contributed by atoms with E-state index in [-0.39, 0.29) is 0 Å². The molecule has 0 amide bonds. The van der Waals surface area contributed by atoms with Crippen molar-refractivity contribution in [2.75, 3.05) is 12.5 Å². The van der Waals surface area contributed by atoms with Crippen LogP contribution in [0.5, 0.6) is 0 Å². The van der Waals surface area contributed by atoms with Crippen LogP contribution in [-0.4, -0.2) is 23.4 Å². The number of halogens is 1. The highest BCUT2D eigenvalue weighted by Gasteiger charge is 2.26. The summed E-state index contributed by atoms with van der Waals surface area (Å²) >= 11 is 5.86. The molecule has 0 aromatic carbocycles. The summed E-state index contributed by atoms with van der Waals surface area (Å²) in [5.41, 5.74) is 0. The van der Waals surface area contributed by atoms with Gasteiger partial charge in [0.2, 0.25) is 0 Å². The van der Waals surface area contributed by atoms with Crippen LogP contribution in [-0.2, 0) is 4.74 Å². The van der Waals surface area contributed by atoms with Crippen LogP contribution in [0.4, 0.5) is 0 Å². The van der Waals surface area contributed by atoms with Crippen LogP contribution in [0.1, 0.15) is 200 Å². The Morgan fingerprint density at radius 3 is 1.26 bits per heavy atom. The van der Waals surface area contributed by atoms with Crippen LogP contribution in [0.2, 0.25) is 0 Å². The first kappa shape index (κ1) is 42.4. The quantitative estimate of drug-likeness (QED) is 0.0329. The summed E-state index contributed by atoms with van der Waals surface area (Å²) < 4.78 is 5.97. The molecule has 0 saturated carbocycles. The lowest BCUT2D eigenvalue weighted by molar-refractivity contribution is -0.213. The van der Waals surface area contributed by atoms with Crippen LogP contribution in [0, 0.1) is 0 Å². The Kier molecular flexibility index (Phi) is 35.4. The molecule has 0 spiro atoms. The topological polar surface area (TPSA) is 29.5 Å². The van der Waals surface area contributed by atoms with Gasteiger partial charge in [-0.25, -0.2) is 0 Å². The first-order valence-corrected chi connectivity index (χ1v) is 19.6. The van der Waals surface area contributed by atoms with Crippen molar-refractivity contribution < 1.29 is 9.84 Å². The molecule has 1 atom stereocenters. The van der Waals surface area contributed by atoms with E-state index in [4.69, 9.17) is 16.3 Å². The van der Waals surface area contributed by atoms with Gasteiger partial charge in [-0.05, 0) is 77.0 Å². The Morgan fingerprint density at radius 1 is 0.465 bits per heavy atom. The molecular formula is C40H75ClO2. The van der Waals surface area contributed by atoms with Crippen molar-refractivity contribution in [1.82, 2.24) is 0 Å². The average molecular weight is 623 g/mol. The molecule has 0 aliphatic rings. The van der Waals surface area contributed by atoms with Crippen LogP contribution in [0.15, 0.2) is 36.5 Å². The van der Waals surface area contributed by atoms with E-state index < -0.39 is 5.79 Å². The van der Waals surface area contributed by atoms with E-state index in [9.17, 15) is 5.11 Å². The number of aliphatic hydroxyl groups is 1. The summed E-state index contributed by atoms with van der Waals surface area (Å²) in [5.74, 6) is -0.364. The molecule has 0 aliphatic carbocycles. The van der Waals surface area contributed by atoms with E-state index in [1.165, 1.54) is 148 Å². The second-order valence-electron chi connectivity index (χ2n) is 12.9. The summed E-state index contributed by atoms with van der Waals surface area (Å²) in [6, 6.07) is 0. The summed E-state index contributed by atoms with van der Waals surface area (Å²) in [6.45, 7) is 5.10. The van der Waals surface area contributed by atoms with Crippen molar-refractivity contribution >= 4 is 11.6 Å². The van der Waals surface area contributed by atoms with Crippen molar-refractivity contribution in [3.8, 4) is 0 Å². The van der Waals surface area contributed by atoms with Gasteiger partial charge >= 0.3 is 0 Å². The molecule has 254 valence electrons. The molecule has 0 fully saturated rings. The highest BCUT2D eigenvalue weighted by atomic mass is 35.5. The van der Waals surface area contributed by atoms with Gasteiger partial charge < -0.3 is 9.84 Å². The van der Waals surface area contributed by atoms with E-state index >= 15 is 0 Å². The van der Waals surface area contributed by atoms with E-state index in [0.717, 1.165) is 38.5 Å². The fourth-order valence-electron chi connectivity index (χ4n) is 5.62. The molecule has 0 radical (unpaired) electrons. The zero-order valence-electron chi connectivity index (χ0n) is 29.1. The third-order valence-corrected chi connectivity index (χ3v) is 8.76. The maximum absolute atomic E-state index is 11.2. The third-order valence-electron chi connectivity index (χ3n) is 8.50. The van der Waals surface area contributed by atoms with Crippen molar-refractivity contribution in [1.29, 1.82) is 0 Å². The number of ether oxygens (including phenoxy) is 1. The van der Waals surface area contributed by atoms with Crippen LogP contribution >= 0.6 is 11.6 Å². The second-order valence-corrected chi connectivity index (χ2v) is 13.2. The maximum Gasteiger partial charge on any atom is 0.165 e. The maximum atomic E-state index is 11.2. The van der Waals surface area contributed by atoms with Gasteiger partial charge in [0.05, 0.1) is 6.61 Å². The van der Waals surface area contributed by atoms with Crippen LogP contribution in [0.25, 0.3) is 0 Å². The molecule has 0 rings (SSSR count). The molecule has 0 heterocycles. The number of allylic oxidation sites excluding steroid dienone is 6. The zero-order valence-corrected chi connectivity index (χ0v) is 29.9. The molecule has 0 aromatic rings. The monoisotopic (exact) mass is 623 g/mol. The van der Waals surface area contributed by atoms with Crippen LogP contribution < -0.4 is 0 Å². The molecule has 1 unspecified atom stereocenters. The summed E-state index contributed by atoms with van der Waals surface area (Å²) in [5, 5.41) is 11.2. The third kappa shape index (κ3) is 34.1. The smallest absolute Gasteiger partial charge is 0.165 e. The molecule has 0 saturated heterocycles. The van der Waals surface area contributed by atoms with E-state index in [2.05, 4.69) is 50.3 Å². The molecule has 0 aromatic heterocycles. The highest BCUT2D eigenvalue weighted by molar-refractivity contribution is 6.17. The minimum atomic E-state index is -0.956. The first-order valence-electron chi connectivity index (χ1n) is 19.1. The Morgan fingerprint density at radius 2 is 0.814 bits per heavy atom. The van der Waals surface area contributed by atoms with Crippen molar-refractivity contribution in [2.24, 2.45) is 0 Å². The van der Waals surface area contributed by atoms with Crippen molar-refractivity contribution in [3.05, 3.63) is 36.5 Å². The standard InChI is InChI=1S/C40H75ClO2/c1-3-5-7-9-11-13-15-17-19-21-23-25-27-29-31-33-36-40(42,43-39-35-38-41)37-34-32-30-28-26-24-22-20-18-16-14-12-10-8-6-4-2/h11,13,17-20,42H,3-10,12,14-16,21-39H2,1-2H3/b13-11-,19-17-,20-18-. The predicted octanol–water partition coefficient (Wildman–Crippen LogP) is 14.0. The lowest BCUT2D eigenvalue weighted by Gasteiger charge is -2.28. The summed E-state index contributed by atoms with van der Waals surface area (Å²) in [4.78, 5) is 0. The molecule has 43 heavy (non-hydrogen) atoms. The number of hydrogen-bond acceptors (Lipinski definition) is 2. The number of rotatable bonds is 35. The minimum Gasteiger partial charge on any atom is -0.365 e. The normalized spacial score (nSPS) is 13.7. The molecule has 0 aliphatic heterocycles. The Balaban J connectivity index is 3.80. The molecule has 0 bridgehead atoms. The van der Waals surface area contributed by atoms with Crippen LogP contribution in [0.3, 0.4) is 0 Å². The highest BCUT2D eigenvalue weighted by Crippen LogP contribution is 2.25. The SMILES string of the molecule is CCCCC/C=C\C/C=C\CCCCCCCCC(O)(CCCCCCCC/C=C\CCCCCCCC)OCCCCl. The Labute approximate surface area is 275 Å². The van der Waals surface area contributed by atoms with Crippen molar-refractivity contribution in [3.63, 3.8) is 0 Å². The molecular weight excluding hydrogens is 548 g/mol. The molecule has 3 heteroatoms. The predicted molar refractivity (Wildman–Crippen MR) is 194 cm³/mol. The number of hydrogen-bond donors (Lipinski definition) is 1. The fourth-order valence-corrected chi connectivity index (χ4v) is 5.73. The zero-order chi connectivity index (χ0) is 31.4. The van der Waals surface area contributed by atoms with Gasteiger partial charge in [-0.2, -0.15) is 0 Å².